The largest absolute Gasteiger partial charge is 0.478 e. The Morgan fingerprint density at radius 1 is 1.26 bits per heavy atom. The molecule has 1 aromatic rings. The third-order valence-electron chi connectivity index (χ3n) is 3.52. The summed E-state index contributed by atoms with van der Waals surface area (Å²) in [6.45, 7) is 5.47. The fraction of sp³-hybridized carbons (Fsp3) is 0.467. The summed E-state index contributed by atoms with van der Waals surface area (Å²) in [6.07, 6.45) is 2.17. The van der Waals surface area contributed by atoms with Crippen LogP contribution in [0.15, 0.2) is 18.2 Å². The van der Waals surface area contributed by atoms with E-state index in [1.54, 1.807) is 12.1 Å². The Labute approximate surface area is 113 Å². The average Bonchev–Trinajstić information content (AvgIpc) is 2.37. The maximum Gasteiger partial charge on any atom is 0.335 e. The highest BCUT2D eigenvalue weighted by Gasteiger charge is 2.22. The quantitative estimate of drug-likeness (QED) is 0.890. The van der Waals surface area contributed by atoms with E-state index in [1.807, 2.05) is 11.8 Å². The lowest BCUT2D eigenvalue weighted by molar-refractivity contribution is 0.0683. The van der Waals surface area contributed by atoms with Gasteiger partial charge in [-0.25, -0.2) is 4.79 Å². The molecular formula is C15H19NO3. The lowest BCUT2D eigenvalue weighted by Gasteiger charge is -2.31. The highest BCUT2D eigenvalue weighted by atomic mass is 16.4. The van der Waals surface area contributed by atoms with Crippen molar-refractivity contribution in [3.63, 3.8) is 0 Å². The molecule has 1 aromatic carbocycles. The number of carbonyl (C=O) groups excluding carboxylic acids is 1. The number of carboxylic acids is 1. The van der Waals surface area contributed by atoms with E-state index >= 15 is 0 Å². The van der Waals surface area contributed by atoms with E-state index in [2.05, 4.69) is 6.92 Å². The molecule has 1 aliphatic rings. The van der Waals surface area contributed by atoms with E-state index in [0.717, 1.165) is 31.5 Å². The van der Waals surface area contributed by atoms with Gasteiger partial charge in [-0.2, -0.15) is 0 Å². The van der Waals surface area contributed by atoms with E-state index in [1.165, 1.54) is 6.07 Å². The molecule has 0 spiro atoms. The molecule has 1 amide bonds. The first kappa shape index (κ1) is 13.6. The summed E-state index contributed by atoms with van der Waals surface area (Å²) in [7, 11) is 0. The van der Waals surface area contributed by atoms with Crippen LogP contribution in [0.3, 0.4) is 0 Å². The summed E-state index contributed by atoms with van der Waals surface area (Å²) in [4.78, 5) is 25.3. The molecule has 1 fully saturated rings. The van der Waals surface area contributed by atoms with Gasteiger partial charge in [-0.3, -0.25) is 4.79 Å². The number of carboxylic acid groups (broad SMARTS) is 1. The van der Waals surface area contributed by atoms with Crippen LogP contribution in [0.25, 0.3) is 0 Å². The van der Waals surface area contributed by atoms with Crippen LogP contribution in [0.4, 0.5) is 0 Å². The minimum Gasteiger partial charge on any atom is -0.478 e. The molecule has 0 aromatic heterocycles. The van der Waals surface area contributed by atoms with Gasteiger partial charge < -0.3 is 10.0 Å². The van der Waals surface area contributed by atoms with Gasteiger partial charge in [0.2, 0.25) is 0 Å². The van der Waals surface area contributed by atoms with Crippen molar-refractivity contribution < 1.29 is 14.7 Å². The second-order valence-electron chi connectivity index (χ2n) is 5.39. The van der Waals surface area contributed by atoms with Crippen LogP contribution < -0.4 is 0 Å². The van der Waals surface area contributed by atoms with Gasteiger partial charge in [0.15, 0.2) is 0 Å². The molecule has 1 saturated heterocycles. The first-order chi connectivity index (χ1) is 8.97. The fourth-order valence-corrected chi connectivity index (χ4v) is 2.59. The Balaban J connectivity index is 2.25. The number of likely N-dealkylation sites (tertiary alicyclic amines) is 1. The lowest BCUT2D eigenvalue weighted by Crippen LogP contribution is -2.39. The van der Waals surface area contributed by atoms with Crippen LogP contribution >= 0.6 is 0 Å². The van der Waals surface area contributed by atoms with Crippen LogP contribution in [0.5, 0.6) is 0 Å². The van der Waals surface area contributed by atoms with Crippen LogP contribution in [0.1, 0.15) is 46.0 Å². The van der Waals surface area contributed by atoms with Gasteiger partial charge in [-0.15, -0.1) is 0 Å². The van der Waals surface area contributed by atoms with Crippen LogP contribution in [-0.2, 0) is 0 Å². The van der Waals surface area contributed by atoms with Crippen molar-refractivity contribution in [3.8, 4) is 0 Å². The van der Waals surface area contributed by atoms with Gasteiger partial charge in [0.05, 0.1) is 5.56 Å². The van der Waals surface area contributed by atoms with Crippen molar-refractivity contribution in [3.05, 3.63) is 34.9 Å². The second kappa shape index (κ2) is 5.43. The number of benzene rings is 1. The van der Waals surface area contributed by atoms with Crippen molar-refractivity contribution in [2.24, 2.45) is 5.92 Å². The monoisotopic (exact) mass is 261 g/mol. The number of amides is 1. The summed E-state index contributed by atoms with van der Waals surface area (Å²) in [5.74, 6) is -0.538. The number of aryl methyl sites for hydroxylation is 1. The Bertz CT molecular complexity index is 510. The molecule has 19 heavy (non-hydrogen) atoms. The molecule has 0 aliphatic carbocycles. The number of hydrogen-bond donors (Lipinski definition) is 1. The molecule has 102 valence electrons. The molecule has 4 nitrogen and oxygen atoms in total. The topological polar surface area (TPSA) is 57.6 Å². The molecule has 0 saturated carbocycles. The molecule has 0 radical (unpaired) electrons. The molecule has 1 heterocycles. The first-order valence-electron chi connectivity index (χ1n) is 6.61. The zero-order valence-corrected chi connectivity index (χ0v) is 11.3. The number of nitrogens with zero attached hydrogens (tertiary/aromatic N) is 1. The maximum atomic E-state index is 12.4. The Kier molecular flexibility index (Phi) is 3.88. The van der Waals surface area contributed by atoms with E-state index in [9.17, 15) is 9.59 Å². The predicted octanol–water partition coefficient (Wildman–Crippen LogP) is 2.57. The number of rotatable bonds is 2. The van der Waals surface area contributed by atoms with E-state index in [-0.39, 0.29) is 11.5 Å². The van der Waals surface area contributed by atoms with Gasteiger partial charge >= 0.3 is 5.97 Å². The van der Waals surface area contributed by atoms with Crippen LogP contribution in [0, 0.1) is 12.8 Å². The average molecular weight is 261 g/mol. The molecule has 1 aliphatic heterocycles. The zero-order valence-electron chi connectivity index (χ0n) is 11.3. The van der Waals surface area contributed by atoms with Crippen molar-refractivity contribution in [2.75, 3.05) is 13.1 Å². The molecule has 2 rings (SSSR count). The van der Waals surface area contributed by atoms with E-state index < -0.39 is 5.97 Å². The predicted molar refractivity (Wildman–Crippen MR) is 72.4 cm³/mol. The molecule has 1 unspecified atom stereocenters. The standard InChI is InChI=1S/C15H19NO3/c1-10-4-3-5-16(9-10)14(17)12-6-11(2)7-13(8-12)15(18)19/h6-8,10H,3-5,9H2,1-2H3,(H,18,19). The first-order valence-corrected chi connectivity index (χ1v) is 6.61. The van der Waals surface area contributed by atoms with Crippen LogP contribution in [0.2, 0.25) is 0 Å². The normalized spacial score (nSPS) is 19.3. The summed E-state index contributed by atoms with van der Waals surface area (Å²) < 4.78 is 0. The number of piperidine rings is 1. The van der Waals surface area contributed by atoms with E-state index in [0.29, 0.717) is 11.5 Å². The Morgan fingerprint density at radius 2 is 1.95 bits per heavy atom. The van der Waals surface area contributed by atoms with Gasteiger partial charge in [-0.05, 0) is 49.4 Å². The van der Waals surface area contributed by atoms with Crippen LogP contribution in [-0.4, -0.2) is 35.0 Å². The minimum absolute atomic E-state index is 0.0576. The SMILES string of the molecule is Cc1cc(C(=O)O)cc(C(=O)N2CCCC(C)C2)c1. The lowest BCUT2D eigenvalue weighted by atomic mass is 9.98. The van der Waals surface area contributed by atoms with Gasteiger partial charge in [-0.1, -0.05) is 6.92 Å². The van der Waals surface area contributed by atoms with Gasteiger partial charge in [0.1, 0.15) is 0 Å². The smallest absolute Gasteiger partial charge is 0.335 e. The number of aromatic carboxylic acids is 1. The summed E-state index contributed by atoms with van der Waals surface area (Å²) >= 11 is 0. The highest BCUT2D eigenvalue weighted by Crippen LogP contribution is 2.19. The Hall–Kier alpha value is -1.84. The molecule has 4 heteroatoms. The Morgan fingerprint density at radius 3 is 2.58 bits per heavy atom. The highest BCUT2D eigenvalue weighted by molar-refractivity contribution is 5.97. The maximum absolute atomic E-state index is 12.4. The summed E-state index contributed by atoms with van der Waals surface area (Å²) in [5, 5.41) is 9.04. The number of carbonyl (C=O) groups is 2. The molecule has 1 N–H and O–H groups in total. The third kappa shape index (κ3) is 3.13. The molecular weight excluding hydrogens is 242 g/mol. The molecule has 0 bridgehead atoms. The summed E-state index contributed by atoms with van der Waals surface area (Å²) in [5.41, 5.74) is 1.45. The molecule has 1 atom stereocenters. The van der Waals surface area contributed by atoms with Gasteiger partial charge in [0, 0.05) is 18.7 Å². The number of hydrogen-bond acceptors (Lipinski definition) is 2. The fourth-order valence-electron chi connectivity index (χ4n) is 2.59. The van der Waals surface area contributed by atoms with Crippen molar-refractivity contribution in [1.82, 2.24) is 4.90 Å². The zero-order chi connectivity index (χ0) is 14.0. The van der Waals surface area contributed by atoms with Crippen molar-refractivity contribution >= 4 is 11.9 Å². The second-order valence-corrected chi connectivity index (χ2v) is 5.39. The minimum atomic E-state index is -0.996. The van der Waals surface area contributed by atoms with Gasteiger partial charge in [0.25, 0.3) is 5.91 Å². The van der Waals surface area contributed by atoms with Crippen molar-refractivity contribution in [1.29, 1.82) is 0 Å². The van der Waals surface area contributed by atoms with E-state index in [4.69, 9.17) is 5.11 Å². The summed E-state index contributed by atoms with van der Waals surface area (Å²) in [6, 6.07) is 4.81. The third-order valence-corrected chi connectivity index (χ3v) is 3.52. The van der Waals surface area contributed by atoms with Crippen molar-refractivity contribution in [2.45, 2.75) is 26.7 Å².